The molecule has 37 heavy (non-hydrogen) atoms. The zero-order valence-electron chi connectivity index (χ0n) is 22.8. The number of rotatable bonds is 12. The first-order chi connectivity index (χ1) is 17.9. The summed E-state index contributed by atoms with van der Waals surface area (Å²) >= 11 is 6.85. The van der Waals surface area contributed by atoms with Crippen molar-refractivity contribution in [3.05, 3.63) is 34.4 Å². The number of esters is 1. The van der Waals surface area contributed by atoms with Gasteiger partial charge in [-0.05, 0) is 38.2 Å². The second kappa shape index (κ2) is 15.6. The van der Waals surface area contributed by atoms with Crippen LogP contribution < -0.4 is 9.47 Å². The second-order valence-corrected chi connectivity index (χ2v) is 10.7. The van der Waals surface area contributed by atoms with E-state index in [0.717, 1.165) is 64.2 Å². The van der Waals surface area contributed by atoms with E-state index < -0.39 is 12.1 Å². The van der Waals surface area contributed by atoms with Crippen LogP contribution in [0.15, 0.2) is 18.2 Å². The molecular formula is C30H45ClO6. The summed E-state index contributed by atoms with van der Waals surface area (Å²) in [6, 6.07) is 1.72. The average Bonchev–Trinajstić information content (AvgIpc) is 3.60. The van der Waals surface area contributed by atoms with Crippen LogP contribution >= 0.6 is 11.6 Å². The molecule has 3 rings (SSSR count). The van der Waals surface area contributed by atoms with Crippen molar-refractivity contribution in [2.45, 2.75) is 122 Å². The van der Waals surface area contributed by atoms with Gasteiger partial charge in [0.1, 0.15) is 23.2 Å². The van der Waals surface area contributed by atoms with Gasteiger partial charge in [0.05, 0.1) is 36.5 Å². The molecule has 0 aliphatic carbocycles. The largest absolute Gasteiger partial charge is 0.493 e. The van der Waals surface area contributed by atoms with Crippen LogP contribution in [0.2, 0.25) is 5.02 Å². The third-order valence-corrected chi connectivity index (χ3v) is 7.37. The minimum absolute atomic E-state index is 0.102. The van der Waals surface area contributed by atoms with Crippen molar-refractivity contribution in [1.82, 2.24) is 0 Å². The van der Waals surface area contributed by atoms with E-state index in [-0.39, 0.29) is 30.3 Å². The molecule has 0 amide bonds. The maximum absolute atomic E-state index is 13.5. The molecule has 1 aromatic rings. The number of allylic oxidation sites excluding steroid dienone is 1. The van der Waals surface area contributed by atoms with Gasteiger partial charge in [0.2, 0.25) is 0 Å². The van der Waals surface area contributed by atoms with E-state index in [1.54, 1.807) is 12.1 Å². The molecule has 6 nitrogen and oxygen atoms in total. The summed E-state index contributed by atoms with van der Waals surface area (Å²) in [5.41, 5.74) is 0.784. The number of hydrogen-bond acceptors (Lipinski definition) is 6. The average molecular weight is 537 g/mol. The van der Waals surface area contributed by atoms with E-state index in [1.165, 1.54) is 0 Å². The van der Waals surface area contributed by atoms with Gasteiger partial charge >= 0.3 is 5.97 Å². The summed E-state index contributed by atoms with van der Waals surface area (Å²) < 4.78 is 23.9. The first-order valence-electron chi connectivity index (χ1n) is 14.3. The highest BCUT2D eigenvalue weighted by Crippen LogP contribution is 2.40. The Morgan fingerprint density at radius 3 is 2.35 bits per heavy atom. The van der Waals surface area contributed by atoms with E-state index in [2.05, 4.69) is 13.8 Å². The highest BCUT2D eigenvalue weighted by molar-refractivity contribution is 6.33. The van der Waals surface area contributed by atoms with Crippen LogP contribution in [0.4, 0.5) is 0 Å². The number of aliphatic hydroxyl groups excluding tert-OH is 1. The van der Waals surface area contributed by atoms with Gasteiger partial charge in [-0.2, -0.15) is 0 Å². The van der Waals surface area contributed by atoms with E-state index in [1.807, 2.05) is 13.0 Å². The molecule has 0 aromatic heterocycles. The van der Waals surface area contributed by atoms with Crippen LogP contribution in [0.3, 0.4) is 0 Å². The number of hydrogen-bond donors (Lipinski definition) is 1. The Hall–Kier alpha value is -1.76. The summed E-state index contributed by atoms with van der Waals surface area (Å²) in [4.78, 5) is 13.5. The summed E-state index contributed by atoms with van der Waals surface area (Å²) in [5.74, 6) is 0.390. The lowest BCUT2D eigenvalue weighted by molar-refractivity contribution is 0.0303. The molecule has 1 fully saturated rings. The minimum Gasteiger partial charge on any atom is -0.493 e. The van der Waals surface area contributed by atoms with Crippen LogP contribution in [-0.2, 0) is 15.9 Å². The minimum atomic E-state index is -0.808. The number of benzene rings is 1. The molecular weight excluding hydrogens is 492 g/mol. The first-order valence-corrected chi connectivity index (χ1v) is 14.6. The molecule has 7 heteroatoms. The van der Waals surface area contributed by atoms with E-state index in [4.69, 9.17) is 30.5 Å². The van der Waals surface area contributed by atoms with Gasteiger partial charge in [-0.15, -0.1) is 0 Å². The number of aliphatic hydroxyl groups is 1. The monoisotopic (exact) mass is 536 g/mol. The molecule has 1 saturated heterocycles. The molecule has 0 unspecified atom stereocenters. The van der Waals surface area contributed by atoms with Crippen LogP contribution in [0.1, 0.15) is 107 Å². The zero-order valence-corrected chi connectivity index (χ0v) is 23.6. The molecule has 2 aliphatic heterocycles. The number of carbonyl (C=O) groups is 1. The van der Waals surface area contributed by atoms with Gasteiger partial charge in [0, 0.05) is 18.9 Å². The number of unbranched alkanes of at least 4 members (excludes halogenated alkanes) is 6. The predicted octanol–water partition coefficient (Wildman–Crippen LogP) is 7.21. The van der Waals surface area contributed by atoms with E-state index in [9.17, 15) is 9.90 Å². The molecule has 2 aliphatic rings. The maximum atomic E-state index is 13.5. The molecule has 1 aromatic carbocycles. The molecule has 4 atom stereocenters. The Labute approximate surface area is 227 Å². The van der Waals surface area contributed by atoms with Crippen molar-refractivity contribution < 1.29 is 28.8 Å². The number of carbonyl (C=O) groups excluding carboxylic acids is 1. The first kappa shape index (κ1) is 29.8. The summed E-state index contributed by atoms with van der Waals surface area (Å²) in [6.07, 6.45) is 13.9. The van der Waals surface area contributed by atoms with Crippen molar-refractivity contribution in [1.29, 1.82) is 0 Å². The normalized spacial score (nSPS) is 24.8. The quantitative estimate of drug-likeness (QED) is 0.131. The molecule has 208 valence electrons. The standard InChI is InChI=1S/C30H45ClO6/c1-4-6-8-12-16-34-26-20-27(35-17-13-9-7-5-2)29(31)23-19-22(32)14-10-11-15-24-25(37-24)18-21(3)36-30(33)28(23)26/h10,14,20-22,24-25,32H,4-9,11-13,15-19H2,1-3H3/b14-10+/t21-,22+,24+,25-/m1/s1. The molecule has 2 heterocycles. The van der Waals surface area contributed by atoms with Crippen molar-refractivity contribution in [3.63, 3.8) is 0 Å². The fraction of sp³-hybridized carbons (Fsp3) is 0.700. The number of fused-ring (bicyclic) bond motifs is 2. The number of ether oxygens (including phenoxy) is 4. The van der Waals surface area contributed by atoms with Gasteiger partial charge in [-0.3, -0.25) is 0 Å². The van der Waals surface area contributed by atoms with E-state index in [0.29, 0.717) is 41.7 Å². The smallest absolute Gasteiger partial charge is 0.342 e. The lowest BCUT2D eigenvalue weighted by Crippen LogP contribution is -2.21. The number of cyclic esters (lactones) is 1. The van der Waals surface area contributed by atoms with Crippen LogP contribution in [0, 0.1) is 0 Å². The Bertz CT molecular complexity index is 885. The predicted molar refractivity (Wildman–Crippen MR) is 147 cm³/mol. The zero-order chi connectivity index (χ0) is 26.6. The molecule has 0 spiro atoms. The van der Waals surface area contributed by atoms with Gasteiger partial charge < -0.3 is 24.1 Å². The summed E-state index contributed by atoms with van der Waals surface area (Å²) in [5, 5.41) is 11.2. The fourth-order valence-corrected chi connectivity index (χ4v) is 5.05. The Morgan fingerprint density at radius 2 is 1.68 bits per heavy atom. The summed E-state index contributed by atoms with van der Waals surface area (Å²) in [7, 11) is 0. The van der Waals surface area contributed by atoms with Crippen molar-refractivity contribution in [2.24, 2.45) is 0 Å². The third-order valence-electron chi connectivity index (χ3n) is 6.96. The maximum Gasteiger partial charge on any atom is 0.342 e. The van der Waals surface area contributed by atoms with Crippen LogP contribution in [0.5, 0.6) is 11.5 Å². The van der Waals surface area contributed by atoms with E-state index >= 15 is 0 Å². The van der Waals surface area contributed by atoms with Gasteiger partial charge in [-0.1, -0.05) is 76.1 Å². The van der Waals surface area contributed by atoms with Crippen molar-refractivity contribution in [2.75, 3.05) is 13.2 Å². The van der Waals surface area contributed by atoms with Crippen LogP contribution in [-0.4, -0.2) is 48.7 Å². The van der Waals surface area contributed by atoms with Gasteiger partial charge in [0.15, 0.2) is 0 Å². The molecule has 0 radical (unpaired) electrons. The third kappa shape index (κ3) is 9.49. The number of halogens is 1. The Morgan fingerprint density at radius 1 is 1.00 bits per heavy atom. The summed E-state index contributed by atoms with van der Waals surface area (Å²) in [6.45, 7) is 7.23. The SMILES string of the molecule is CCCCCCOc1cc(OCCCCCC)c2c(c1Cl)C[C@@H](O)/C=C/CC[C@@H]1O[C@@H]1C[C@@H](C)OC2=O. The lowest BCUT2D eigenvalue weighted by Gasteiger charge is -2.22. The number of epoxide rings is 1. The van der Waals surface area contributed by atoms with Crippen molar-refractivity contribution >= 4 is 17.6 Å². The van der Waals surface area contributed by atoms with Crippen LogP contribution in [0.25, 0.3) is 0 Å². The van der Waals surface area contributed by atoms with Gasteiger partial charge in [0.25, 0.3) is 0 Å². The van der Waals surface area contributed by atoms with Gasteiger partial charge in [-0.25, -0.2) is 4.79 Å². The van der Waals surface area contributed by atoms with Crippen molar-refractivity contribution in [3.8, 4) is 11.5 Å². The topological polar surface area (TPSA) is 77.5 Å². The highest BCUT2D eigenvalue weighted by Gasteiger charge is 2.39. The lowest BCUT2D eigenvalue weighted by atomic mass is 9.98. The Kier molecular flexibility index (Phi) is 12.6. The Balaban J connectivity index is 1.92. The molecule has 0 saturated carbocycles. The molecule has 1 N–H and O–H groups in total. The molecule has 0 bridgehead atoms. The second-order valence-electron chi connectivity index (χ2n) is 10.3. The fourth-order valence-electron chi connectivity index (χ4n) is 4.77. The highest BCUT2D eigenvalue weighted by atomic mass is 35.5.